The molecular formula is C16H29N3S. The van der Waals surface area contributed by atoms with E-state index in [1.807, 2.05) is 11.3 Å². The standard InChI is InChI=1S/C16H29N3S/c1-5-17-10-13-6-8-19(9-7-13)11-15-18-14(12-20-15)16(2,3)4/h12-13,17H,5-11H2,1-4H3. The lowest BCUT2D eigenvalue weighted by molar-refractivity contribution is 0.175. The van der Waals surface area contributed by atoms with Gasteiger partial charge in [0.15, 0.2) is 0 Å². The second-order valence-electron chi connectivity index (χ2n) is 6.90. The Morgan fingerprint density at radius 1 is 1.35 bits per heavy atom. The van der Waals surface area contributed by atoms with Gasteiger partial charge in [0.2, 0.25) is 0 Å². The molecule has 1 aromatic rings. The van der Waals surface area contributed by atoms with Crippen molar-refractivity contribution in [3.63, 3.8) is 0 Å². The van der Waals surface area contributed by atoms with Gasteiger partial charge in [-0.05, 0) is 44.9 Å². The molecule has 0 aliphatic carbocycles. The maximum Gasteiger partial charge on any atom is 0.107 e. The van der Waals surface area contributed by atoms with Gasteiger partial charge in [-0.15, -0.1) is 11.3 Å². The number of nitrogens with one attached hydrogen (secondary N) is 1. The summed E-state index contributed by atoms with van der Waals surface area (Å²) < 4.78 is 0. The highest BCUT2D eigenvalue weighted by molar-refractivity contribution is 7.09. The van der Waals surface area contributed by atoms with Crippen molar-refractivity contribution in [2.75, 3.05) is 26.2 Å². The van der Waals surface area contributed by atoms with Crippen LogP contribution in [0.5, 0.6) is 0 Å². The second-order valence-corrected chi connectivity index (χ2v) is 7.85. The van der Waals surface area contributed by atoms with Gasteiger partial charge in [0.25, 0.3) is 0 Å². The van der Waals surface area contributed by atoms with Crippen LogP contribution in [0.4, 0.5) is 0 Å². The highest BCUT2D eigenvalue weighted by Crippen LogP contribution is 2.25. The first-order valence-corrected chi connectivity index (χ1v) is 8.75. The van der Waals surface area contributed by atoms with Gasteiger partial charge in [-0.3, -0.25) is 4.90 Å². The minimum Gasteiger partial charge on any atom is -0.317 e. The van der Waals surface area contributed by atoms with Gasteiger partial charge in [0.1, 0.15) is 5.01 Å². The number of nitrogens with zero attached hydrogens (tertiary/aromatic N) is 2. The van der Waals surface area contributed by atoms with Gasteiger partial charge in [-0.2, -0.15) is 0 Å². The molecule has 0 bridgehead atoms. The Kier molecular flexibility index (Phi) is 5.58. The Labute approximate surface area is 127 Å². The molecule has 0 unspecified atom stereocenters. The lowest BCUT2D eigenvalue weighted by atomic mass is 9.93. The summed E-state index contributed by atoms with van der Waals surface area (Å²) in [6.07, 6.45) is 2.65. The lowest BCUT2D eigenvalue weighted by Crippen LogP contribution is -2.36. The summed E-state index contributed by atoms with van der Waals surface area (Å²) in [5.74, 6) is 0.868. The number of rotatable bonds is 5. The zero-order chi connectivity index (χ0) is 14.6. The van der Waals surface area contributed by atoms with Crippen molar-refractivity contribution in [3.05, 3.63) is 16.1 Å². The lowest BCUT2D eigenvalue weighted by Gasteiger charge is -2.31. The van der Waals surface area contributed by atoms with Gasteiger partial charge < -0.3 is 5.32 Å². The second kappa shape index (κ2) is 7.01. The van der Waals surface area contributed by atoms with Crippen LogP contribution < -0.4 is 5.32 Å². The van der Waals surface area contributed by atoms with Crippen molar-refractivity contribution in [2.24, 2.45) is 5.92 Å². The Balaban J connectivity index is 1.79. The Bertz CT molecular complexity index is 400. The molecule has 114 valence electrons. The molecule has 1 fully saturated rings. The van der Waals surface area contributed by atoms with Crippen molar-refractivity contribution in [1.82, 2.24) is 15.2 Å². The number of hydrogen-bond acceptors (Lipinski definition) is 4. The first-order valence-electron chi connectivity index (χ1n) is 7.87. The molecule has 1 aliphatic heterocycles. The monoisotopic (exact) mass is 295 g/mol. The molecule has 0 atom stereocenters. The van der Waals surface area contributed by atoms with Gasteiger partial charge in [0, 0.05) is 10.8 Å². The van der Waals surface area contributed by atoms with Crippen LogP contribution >= 0.6 is 11.3 Å². The van der Waals surface area contributed by atoms with Crippen LogP contribution in [0, 0.1) is 5.92 Å². The normalized spacial score (nSPS) is 18.6. The van der Waals surface area contributed by atoms with Crippen molar-refractivity contribution in [1.29, 1.82) is 0 Å². The summed E-state index contributed by atoms with van der Waals surface area (Å²) in [7, 11) is 0. The first-order chi connectivity index (χ1) is 9.49. The Morgan fingerprint density at radius 3 is 2.60 bits per heavy atom. The van der Waals surface area contributed by atoms with Crippen molar-refractivity contribution in [2.45, 2.75) is 52.5 Å². The van der Waals surface area contributed by atoms with Gasteiger partial charge in [-0.1, -0.05) is 27.7 Å². The fourth-order valence-corrected chi connectivity index (χ4v) is 3.68. The fourth-order valence-electron chi connectivity index (χ4n) is 2.62. The molecule has 0 aromatic carbocycles. The molecule has 1 N–H and O–H groups in total. The third-order valence-electron chi connectivity index (χ3n) is 4.07. The van der Waals surface area contributed by atoms with E-state index in [-0.39, 0.29) is 5.41 Å². The molecule has 1 saturated heterocycles. The minimum absolute atomic E-state index is 0.174. The maximum absolute atomic E-state index is 4.81. The zero-order valence-electron chi connectivity index (χ0n) is 13.4. The van der Waals surface area contributed by atoms with Crippen LogP contribution in [0.15, 0.2) is 5.38 Å². The van der Waals surface area contributed by atoms with Crippen molar-refractivity contribution >= 4 is 11.3 Å². The number of piperidine rings is 1. The van der Waals surface area contributed by atoms with Crippen LogP contribution in [0.3, 0.4) is 0 Å². The van der Waals surface area contributed by atoms with E-state index in [4.69, 9.17) is 4.98 Å². The highest BCUT2D eigenvalue weighted by Gasteiger charge is 2.21. The summed E-state index contributed by atoms with van der Waals surface area (Å²) >= 11 is 1.82. The predicted octanol–water partition coefficient (Wildman–Crippen LogP) is 3.26. The van der Waals surface area contributed by atoms with E-state index in [9.17, 15) is 0 Å². The Morgan fingerprint density at radius 2 is 2.05 bits per heavy atom. The number of likely N-dealkylation sites (tertiary alicyclic amines) is 1. The van der Waals surface area contributed by atoms with Gasteiger partial charge >= 0.3 is 0 Å². The molecule has 2 rings (SSSR count). The molecule has 0 amide bonds. The smallest absolute Gasteiger partial charge is 0.107 e. The molecule has 1 aliphatic rings. The summed E-state index contributed by atoms with van der Waals surface area (Å²) in [6.45, 7) is 14.7. The van der Waals surface area contributed by atoms with Crippen LogP contribution in [-0.4, -0.2) is 36.1 Å². The number of thiazole rings is 1. The van der Waals surface area contributed by atoms with Gasteiger partial charge in [-0.25, -0.2) is 4.98 Å². The van der Waals surface area contributed by atoms with E-state index in [2.05, 4.69) is 43.3 Å². The van der Waals surface area contributed by atoms with Gasteiger partial charge in [0.05, 0.1) is 12.2 Å². The predicted molar refractivity (Wildman–Crippen MR) is 87.4 cm³/mol. The largest absolute Gasteiger partial charge is 0.317 e. The topological polar surface area (TPSA) is 28.2 Å². The van der Waals surface area contributed by atoms with Crippen LogP contribution in [-0.2, 0) is 12.0 Å². The summed E-state index contributed by atoms with van der Waals surface area (Å²) in [5, 5.41) is 6.98. The summed E-state index contributed by atoms with van der Waals surface area (Å²) in [6, 6.07) is 0. The molecule has 2 heterocycles. The maximum atomic E-state index is 4.81. The van der Waals surface area contributed by atoms with Crippen LogP contribution in [0.25, 0.3) is 0 Å². The third-order valence-corrected chi connectivity index (χ3v) is 4.90. The van der Waals surface area contributed by atoms with E-state index >= 15 is 0 Å². The van der Waals surface area contributed by atoms with Crippen molar-refractivity contribution in [3.8, 4) is 0 Å². The SMILES string of the molecule is CCNCC1CCN(Cc2nc(C(C)(C)C)cs2)CC1. The van der Waals surface area contributed by atoms with E-state index < -0.39 is 0 Å². The molecule has 0 saturated carbocycles. The summed E-state index contributed by atoms with van der Waals surface area (Å²) in [4.78, 5) is 7.37. The molecule has 0 radical (unpaired) electrons. The number of hydrogen-bond donors (Lipinski definition) is 1. The molecule has 20 heavy (non-hydrogen) atoms. The van der Waals surface area contributed by atoms with E-state index in [0.29, 0.717) is 0 Å². The Hall–Kier alpha value is -0.450. The van der Waals surface area contributed by atoms with Crippen LogP contribution in [0.2, 0.25) is 0 Å². The summed E-state index contributed by atoms with van der Waals surface area (Å²) in [5.41, 5.74) is 1.41. The van der Waals surface area contributed by atoms with Crippen molar-refractivity contribution < 1.29 is 0 Å². The third kappa shape index (κ3) is 4.54. The van der Waals surface area contributed by atoms with E-state index in [1.54, 1.807) is 0 Å². The molecule has 3 nitrogen and oxygen atoms in total. The number of aromatic nitrogens is 1. The van der Waals surface area contributed by atoms with E-state index in [1.165, 1.54) is 43.2 Å². The first kappa shape index (κ1) is 15.9. The zero-order valence-corrected chi connectivity index (χ0v) is 14.2. The average molecular weight is 295 g/mol. The van der Waals surface area contributed by atoms with Crippen LogP contribution in [0.1, 0.15) is 51.2 Å². The average Bonchev–Trinajstić information content (AvgIpc) is 2.86. The molecule has 4 heteroatoms. The minimum atomic E-state index is 0.174. The fraction of sp³-hybridized carbons (Fsp3) is 0.812. The van der Waals surface area contributed by atoms with E-state index in [0.717, 1.165) is 19.0 Å². The highest BCUT2D eigenvalue weighted by atomic mass is 32.1. The quantitative estimate of drug-likeness (QED) is 0.903. The molecular weight excluding hydrogens is 266 g/mol. The molecule has 0 spiro atoms. The molecule has 1 aromatic heterocycles.